The molecule has 2 rings (SSSR count). The van der Waals surface area contributed by atoms with Gasteiger partial charge in [-0.2, -0.15) is 0 Å². The molecular formula is C20H39NO2. The first-order valence-electron chi connectivity index (χ1n) is 9.79. The van der Waals surface area contributed by atoms with Crippen LogP contribution < -0.4 is 0 Å². The minimum atomic E-state index is 0.0103. The highest BCUT2D eigenvalue weighted by Gasteiger charge is 2.37. The summed E-state index contributed by atoms with van der Waals surface area (Å²) in [6.07, 6.45) is 5.58. The molecule has 0 amide bonds. The highest BCUT2D eigenvalue weighted by molar-refractivity contribution is 4.90. The fourth-order valence-electron chi connectivity index (χ4n) is 4.32. The molecule has 0 aromatic heterocycles. The Balaban J connectivity index is 1.70. The topological polar surface area (TPSA) is 21.7 Å². The summed E-state index contributed by atoms with van der Waals surface area (Å²) < 4.78 is 11.6. The minimum absolute atomic E-state index is 0.0103. The van der Waals surface area contributed by atoms with Crippen molar-refractivity contribution >= 4 is 0 Å². The lowest BCUT2D eigenvalue weighted by atomic mass is 9.77. The molecule has 3 nitrogen and oxygen atoms in total. The molecule has 1 aliphatic carbocycles. The molecule has 2 aliphatic rings. The van der Waals surface area contributed by atoms with Crippen molar-refractivity contribution in [3.8, 4) is 0 Å². The van der Waals surface area contributed by atoms with E-state index in [1.807, 2.05) is 0 Å². The molecule has 0 aromatic rings. The predicted molar refractivity (Wildman–Crippen MR) is 96.8 cm³/mol. The summed E-state index contributed by atoms with van der Waals surface area (Å²) in [6, 6.07) is 0.706. The van der Waals surface area contributed by atoms with Gasteiger partial charge in [0.1, 0.15) is 0 Å². The molecule has 0 bridgehead atoms. The second-order valence-electron chi connectivity index (χ2n) is 8.82. The molecule has 3 atom stereocenters. The number of likely N-dealkylation sites (tertiary alicyclic amines) is 1. The van der Waals surface area contributed by atoms with Crippen LogP contribution in [0.2, 0.25) is 0 Å². The Bertz CT molecular complexity index is 346. The third-order valence-electron chi connectivity index (χ3n) is 5.91. The minimum Gasteiger partial charge on any atom is -0.382 e. The van der Waals surface area contributed by atoms with Crippen LogP contribution in [0.5, 0.6) is 0 Å². The van der Waals surface area contributed by atoms with E-state index in [4.69, 9.17) is 9.47 Å². The van der Waals surface area contributed by atoms with Gasteiger partial charge in [0.2, 0.25) is 0 Å². The fourth-order valence-corrected chi connectivity index (χ4v) is 4.32. The zero-order valence-electron chi connectivity index (χ0n) is 16.3. The Labute approximate surface area is 144 Å². The van der Waals surface area contributed by atoms with Gasteiger partial charge in [-0.3, -0.25) is 0 Å². The Kier molecular flexibility index (Phi) is 6.94. The maximum Gasteiger partial charge on any atom is 0.0602 e. The lowest BCUT2D eigenvalue weighted by Crippen LogP contribution is -2.51. The van der Waals surface area contributed by atoms with Crippen LogP contribution in [0.25, 0.3) is 0 Å². The third kappa shape index (κ3) is 5.72. The third-order valence-corrected chi connectivity index (χ3v) is 5.91. The Hall–Kier alpha value is -0.120. The van der Waals surface area contributed by atoms with Crippen LogP contribution >= 0.6 is 0 Å². The van der Waals surface area contributed by atoms with Gasteiger partial charge in [-0.05, 0) is 84.6 Å². The molecule has 136 valence electrons. The van der Waals surface area contributed by atoms with Gasteiger partial charge in [-0.1, -0.05) is 6.92 Å². The molecule has 3 heteroatoms. The first-order valence-corrected chi connectivity index (χ1v) is 9.79. The summed E-state index contributed by atoms with van der Waals surface area (Å²) >= 11 is 0. The number of piperidine rings is 1. The van der Waals surface area contributed by atoms with E-state index in [9.17, 15) is 0 Å². The predicted octanol–water partition coefficient (Wildman–Crippen LogP) is 4.35. The normalized spacial score (nSPS) is 36.0. The average Bonchev–Trinajstić information content (AvgIpc) is 2.42. The van der Waals surface area contributed by atoms with Crippen LogP contribution in [-0.2, 0) is 9.47 Å². The van der Waals surface area contributed by atoms with E-state index in [0.29, 0.717) is 12.1 Å². The summed E-state index contributed by atoms with van der Waals surface area (Å²) in [5.74, 6) is 2.47. The van der Waals surface area contributed by atoms with Crippen molar-refractivity contribution in [3.05, 3.63) is 0 Å². The van der Waals surface area contributed by atoms with Crippen molar-refractivity contribution in [1.29, 1.82) is 0 Å². The van der Waals surface area contributed by atoms with Crippen molar-refractivity contribution in [1.82, 2.24) is 4.90 Å². The van der Waals surface area contributed by atoms with Gasteiger partial charge in [0.05, 0.1) is 11.7 Å². The van der Waals surface area contributed by atoms with Gasteiger partial charge in [-0.15, -0.1) is 0 Å². The van der Waals surface area contributed by atoms with Crippen LogP contribution in [0.4, 0.5) is 0 Å². The van der Waals surface area contributed by atoms with Gasteiger partial charge < -0.3 is 14.4 Å². The van der Waals surface area contributed by atoms with Crippen molar-refractivity contribution in [2.24, 2.45) is 17.8 Å². The Morgan fingerprint density at radius 2 is 1.83 bits per heavy atom. The molecule has 1 saturated heterocycles. The highest BCUT2D eigenvalue weighted by atomic mass is 16.5. The smallest absolute Gasteiger partial charge is 0.0602 e. The molecule has 0 radical (unpaired) electrons. The molecule has 0 aromatic carbocycles. The number of ether oxygens (including phenoxy) is 2. The standard InChI is InChI=1S/C20H39NO2/c1-7-22-11-9-18-8-10-21(16(3)15(18)2)14-17-12-19(13-17)23-20(4,5)6/h15-19H,7-14H2,1-6H3/t15-,16+,17-,18?,19-/m0/s1. The van der Waals surface area contributed by atoms with E-state index in [-0.39, 0.29) is 5.60 Å². The maximum atomic E-state index is 6.08. The van der Waals surface area contributed by atoms with E-state index in [2.05, 4.69) is 46.4 Å². The van der Waals surface area contributed by atoms with E-state index in [1.165, 1.54) is 38.8 Å². The monoisotopic (exact) mass is 325 g/mol. The molecule has 2 fully saturated rings. The second-order valence-corrected chi connectivity index (χ2v) is 8.82. The highest BCUT2D eigenvalue weighted by Crippen LogP contribution is 2.37. The zero-order valence-corrected chi connectivity index (χ0v) is 16.3. The molecule has 0 N–H and O–H groups in total. The molecule has 1 saturated carbocycles. The van der Waals surface area contributed by atoms with Crippen molar-refractivity contribution < 1.29 is 9.47 Å². The lowest BCUT2D eigenvalue weighted by molar-refractivity contribution is -0.118. The van der Waals surface area contributed by atoms with E-state index in [0.717, 1.165) is 31.0 Å². The number of rotatable bonds is 7. The van der Waals surface area contributed by atoms with Crippen LogP contribution in [-0.4, -0.2) is 49.0 Å². The summed E-state index contributed by atoms with van der Waals surface area (Å²) in [6.45, 7) is 17.8. The Morgan fingerprint density at radius 3 is 2.43 bits per heavy atom. The molecule has 1 aliphatic heterocycles. The average molecular weight is 326 g/mol. The molecular weight excluding hydrogens is 286 g/mol. The summed E-state index contributed by atoms with van der Waals surface area (Å²) in [4.78, 5) is 2.74. The van der Waals surface area contributed by atoms with Crippen LogP contribution in [0.15, 0.2) is 0 Å². The molecule has 0 spiro atoms. The largest absolute Gasteiger partial charge is 0.382 e. The SMILES string of the molecule is CCOCCC1CCN(C[C@H]2C[C@H](OC(C)(C)C)C2)[C@H](C)[C@@H]1C. The zero-order chi connectivity index (χ0) is 17.0. The van der Waals surface area contributed by atoms with Crippen LogP contribution in [0, 0.1) is 17.8 Å². The van der Waals surface area contributed by atoms with Crippen molar-refractivity contribution in [2.45, 2.75) is 85.0 Å². The first kappa shape index (κ1) is 19.2. The van der Waals surface area contributed by atoms with E-state index in [1.54, 1.807) is 0 Å². The quantitative estimate of drug-likeness (QED) is 0.649. The van der Waals surface area contributed by atoms with E-state index >= 15 is 0 Å². The van der Waals surface area contributed by atoms with Gasteiger partial charge >= 0.3 is 0 Å². The van der Waals surface area contributed by atoms with Gasteiger partial charge in [0.15, 0.2) is 0 Å². The Morgan fingerprint density at radius 1 is 1.13 bits per heavy atom. The summed E-state index contributed by atoms with van der Waals surface area (Å²) in [5, 5.41) is 0. The number of hydrogen-bond acceptors (Lipinski definition) is 3. The maximum absolute atomic E-state index is 6.08. The van der Waals surface area contributed by atoms with E-state index < -0.39 is 0 Å². The van der Waals surface area contributed by atoms with Crippen LogP contribution in [0.1, 0.15) is 67.2 Å². The van der Waals surface area contributed by atoms with Gasteiger partial charge in [0.25, 0.3) is 0 Å². The fraction of sp³-hybridized carbons (Fsp3) is 1.00. The van der Waals surface area contributed by atoms with Gasteiger partial charge in [-0.25, -0.2) is 0 Å². The van der Waals surface area contributed by atoms with Crippen molar-refractivity contribution in [3.63, 3.8) is 0 Å². The number of nitrogens with zero attached hydrogens (tertiary/aromatic N) is 1. The molecule has 1 unspecified atom stereocenters. The van der Waals surface area contributed by atoms with Crippen molar-refractivity contribution in [2.75, 3.05) is 26.3 Å². The van der Waals surface area contributed by atoms with Crippen LogP contribution in [0.3, 0.4) is 0 Å². The number of hydrogen-bond donors (Lipinski definition) is 0. The van der Waals surface area contributed by atoms with Gasteiger partial charge in [0, 0.05) is 25.8 Å². The lowest BCUT2D eigenvalue weighted by Gasteiger charge is -2.47. The molecule has 23 heavy (non-hydrogen) atoms. The summed E-state index contributed by atoms with van der Waals surface area (Å²) in [7, 11) is 0. The first-order chi connectivity index (χ1) is 10.8. The summed E-state index contributed by atoms with van der Waals surface area (Å²) in [5.41, 5.74) is 0.0103. The second kappa shape index (κ2) is 8.31. The molecule has 1 heterocycles.